The van der Waals surface area contributed by atoms with Crippen molar-refractivity contribution < 1.29 is 4.74 Å². The van der Waals surface area contributed by atoms with E-state index in [1.807, 2.05) is 7.05 Å². The Kier molecular flexibility index (Phi) is 2.10. The molecule has 0 spiro atoms. The van der Waals surface area contributed by atoms with Gasteiger partial charge in [-0.15, -0.1) is 6.42 Å². The van der Waals surface area contributed by atoms with Gasteiger partial charge in [-0.2, -0.15) is 0 Å². The van der Waals surface area contributed by atoms with E-state index in [1.54, 1.807) is 0 Å². The molecule has 0 aromatic rings. The van der Waals surface area contributed by atoms with Crippen molar-refractivity contribution in [1.29, 1.82) is 0 Å². The van der Waals surface area contributed by atoms with E-state index < -0.39 is 0 Å². The molecule has 1 fully saturated rings. The average Bonchev–Trinajstić information content (AvgIpc) is 1.89. The third-order valence-electron chi connectivity index (χ3n) is 1.59. The number of terminal acetylenes is 1. The summed E-state index contributed by atoms with van der Waals surface area (Å²) in [4.78, 5) is 2.13. The zero-order chi connectivity index (χ0) is 6.69. The lowest BCUT2D eigenvalue weighted by Crippen LogP contribution is -2.41. The van der Waals surface area contributed by atoms with Crippen LogP contribution in [-0.4, -0.2) is 37.7 Å². The largest absolute Gasteiger partial charge is 0.377 e. The Morgan fingerprint density at radius 2 is 2.56 bits per heavy atom. The van der Waals surface area contributed by atoms with Crippen molar-refractivity contribution in [1.82, 2.24) is 4.90 Å². The Morgan fingerprint density at radius 1 is 1.78 bits per heavy atom. The molecule has 1 rings (SSSR count). The number of hydrogen-bond acceptors (Lipinski definition) is 2. The molecule has 1 unspecified atom stereocenters. The van der Waals surface area contributed by atoms with Crippen molar-refractivity contribution in [3.8, 4) is 12.3 Å². The van der Waals surface area contributed by atoms with Gasteiger partial charge in [0.25, 0.3) is 0 Å². The van der Waals surface area contributed by atoms with Gasteiger partial charge in [0.05, 0.1) is 19.3 Å². The summed E-state index contributed by atoms with van der Waals surface area (Å²) in [5.74, 6) is 2.65. The van der Waals surface area contributed by atoms with Crippen molar-refractivity contribution in [3.05, 3.63) is 0 Å². The molecular formula is C7H11NO. The normalized spacial score (nSPS) is 29.6. The highest BCUT2D eigenvalue weighted by Crippen LogP contribution is 2.00. The molecule has 1 aliphatic heterocycles. The van der Waals surface area contributed by atoms with Crippen LogP contribution in [0, 0.1) is 12.3 Å². The highest BCUT2D eigenvalue weighted by molar-refractivity contribution is 5.00. The van der Waals surface area contributed by atoms with Gasteiger partial charge < -0.3 is 4.74 Å². The maximum atomic E-state index is 5.22. The highest BCUT2D eigenvalue weighted by Gasteiger charge is 2.15. The predicted octanol–water partition coefficient (Wildman–Crippen LogP) is -0.0498. The second kappa shape index (κ2) is 2.86. The molecule has 0 aromatic heterocycles. The van der Waals surface area contributed by atoms with Gasteiger partial charge in [-0.25, -0.2) is 0 Å². The summed E-state index contributed by atoms with van der Waals surface area (Å²) < 4.78 is 5.16. The minimum atomic E-state index is 0.193. The summed E-state index contributed by atoms with van der Waals surface area (Å²) in [6, 6.07) is 0.193. The lowest BCUT2D eigenvalue weighted by molar-refractivity contribution is 0.0267. The summed E-state index contributed by atoms with van der Waals surface area (Å²) >= 11 is 0. The van der Waals surface area contributed by atoms with Crippen LogP contribution >= 0.6 is 0 Å². The van der Waals surface area contributed by atoms with E-state index in [0.717, 1.165) is 13.2 Å². The molecular weight excluding hydrogens is 114 g/mol. The zero-order valence-corrected chi connectivity index (χ0v) is 5.63. The maximum absolute atomic E-state index is 5.22. The Labute approximate surface area is 55.8 Å². The first-order valence-corrected chi connectivity index (χ1v) is 3.08. The second-order valence-electron chi connectivity index (χ2n) is 2.24. The van der Waals surface area contributed by atoms with E-state index in [-0.39, 0.29) is 6.04 Å². The fraction of sp³-hybridized carbons (Fsp3) is 0.714. The van der Waals surface area contributed by atoms with E-state index in [0.29, 0.717) is 6.61 Å². The smallest absolute Gasteiger partial charge is 0.0947 e. The highest BCUT2D eigenvalue weighted by atomic mass is 16.5. The Bertz CT molecular complexity index is 127. The molecule has 0 amide bonds. The molecule has 0 radical (unpaired) electrons. The lowest BCUT2D eigenvalue weighted by atomic mass is 10.2. The summed E-state index contributed by atoms with van der Waals surface area (Å²) in [6.07, 6.45) is 5.22. The van der Waals surface area contributed by atoms with Crippen LogP contribution in [0.2, 0.25) is 0 Å². The van der Waals surface area contributed by atoms with Crippen LogP contribution in [-0.2, 0) is 4.74 Å². The van der Waals surface area contributed by atoms with E-state index in [1.165, 1.54) is 0 Å². The molecule has 50 valence electrons. The Balaban J connectivity index is 2.41. The number of likely N-dealkylation sites (N-methyl/N-ethyl adjacent to an activating group) is 1. The molecule has 2 heteroatoms. The SMILES string of the molecule is C#CC1COCCN1C. The zero-order valence-electron chi connectivity index (χ0n) is 5.63. The van der Waals surface area contributed by atoms with Crippen molar-refractivity contribution >= 4 is 0 Å². The van der Waals surface area contributed by atoms with E-state index in [2.05, 4.69) is 10.8 Å². The fourth-order valence-corrected chi connectivity index (χ4v) is 0.862. The van der Waals surface area contributed by atoms with E-state index >= 15 is 0 Å². The fourth-order valence-electron chi connectivity index (χ4n) is 0.862. The van der Waals surface area contributed by atoms with Gasteiger partial charge >= 0.3 is 0 Å². The predicted molar refractivity (Wildman–Crippen MR) is 36.1 cm³/mol. The molecule has 9 heavy (non-hydrogen) atoms. The van der Waals surface area contributed by atoms with E-state index in [4.69, 9.17) is 11.2 Å². The van der Waals surface area contributed by atoms with Crippen LogP contribution in [0.25, 0.3) is 0 Å². The van der Waals surface area contributed by atoms with Crippen LogP contribution in [0.1, 0.15) is 0 Å². The quantitative estimate of drug-likeness (QED) is 0.421. The van der Waals surface area contributed by atoms with E-state index in [9.17, 15) is 0 Å². The minimum absolute atomic E-state index is 0.193. The topological polar surface area (TPSA) is 12.5 Å². The van der Waals surface area contributed by atoms with Crippen LogP contribution in [0.3, 0.4) is 0 Å². The van der Waals surface area contributed by atoms with Crippen LogP contribution in [0.5, 0.6) is 0 Å². The number of morpholine rings is 1. The summed E-state index contributed by atoms with van der Waals surface area (Å²) in [6.45, 7) is 2.45. The number of ether oxygens (including phenoxy) is 1. The van der Waals surface area contributed by atoms with Crippen LogP contribution < -0.4 is 0 Å². The van der Waals surface area contributed by atoms with Crippen molar-refractivity contribution in [3.63, 3.8) is 0 Å². The molecule has 0 aromatic carbocycles. The molecule has 1 saturated heterocycles. The summed E-state index contributed by atoms with van der Waals surface area (Å²) in [5, 5.41) is 0. The third kappa shape index (κ3) is 1.44. The van der Waals surface area contributed by atoms with Gasteiger partial charge in [-0.1, -0.05) is 5.92 Å². The minimum Gasteiger partial charge on any atom is -0.377 e. The standard InChI is InChI=1S/C7H11NO/c1-3-7-6-9-5-4-8(7)2/h1,7H,4-6H2,2H3. The number of rotatable bonds is 0. The number of hydrogen-bond donors (Lipinski definition) is 0. The van der Waals surface area contributed by atoms with Gasteiger partial charge in [-0.3, -0.25) is 4.90 Å². The van der Waals surface area contributed by atoms with Gasteiger partial charge in [0.2, 0.25) is 0 Å². The molecule has 2 nitrogen and oxygen atoms in total. The summed E-state index contributed by atoms with van der Waals surface area (Å²) in [7, 11) is 2.02. The monoisotopic (exact) mass is 125 g/mol. The van der Waals surface area contributed by atoms with Gasteiger partial charge in [0.1, 0.15) is 0 Å². The van der Waals surface area contributed by atoms with Crippen molar-refractivity contribution in [2.75, 3.05) is 26.8 Å². The van der Waals surface area contributed by atoms with Gasteiger partial charge in [0.15, 0.2) is 0 Å². The lowest BCUT2D eigenvalue weighted by Gasteiger charge is -2.28. The molecule has 0 bridgehead atoms. The third-order valence-corrected chi connectivity index (χ3v) is 1.59. The average molecular weight is 125 g/mol. The first-order chi connectivity index (χ1) is 4.34. The Morgan fingerprint density at radius 3 is 3.00 bits per heavy atom. The van der Waals surface area contributed by atoms with Crippen molar-refractivity contribution in [2.24, 2.45) is 0 Å². The number of nitrogens with zero attached hydrogens (tertiary/aromatic N) is 1. The summed E-state index contributed by atoms with van der Waals surface area (Å²) in [5.41, 5.74) is 0. The van der Waals surface area contributed by atoms with Crippen LogP contribution in [0.4, 0.5) is 0 Å². The van der Waals surface area contributed by atoms with Gasteiger partial charge in [-0.05, 0) is 7.05 Å². The molecule has 1 aliphatic rings. The van der Waals surface area contributed by atoms with Crippen molar-refractivity contribution in [2.45, 2.75) is 6.04 Å². The molecule has 1 heterocycles. The second-order valence-corrected chi connectivity index (χ2v) is 2.24. The van der Waals surface area contributed by atoms with Crippen LogP contribution in [0.15, 0.2) is 0 Å². The molecule has 1 atom stereocenters. The van der Waals surface area contributed by atoms with Gasteiger partial charge in [0, 0.05) is 6.54 Å². The maximum Gasteiger partial charge on any atom is 0.0947 e. The molecule has 0 aliphatic carbocycles. The molecule has 0 saturated carbocycles. The first-order valence-electron chi connectivity index (χ1n) is 3.08. The molecule has 0 N–H and O–H groups in total. The Hall–Kier alpha value is -0.520. The first kappa shape index (κ1) is 6.60.